The van der Waals surface area contributed by atoms with Crippen LogP contribution in [0.15, 0.2) is 18.3 Å². The van der Waals surface area contributed by atoms with E-state index in [1.54, 1.807) is 13.1 Å². The van der Waals surface area contributed by atoms with Gasteiger partial charge in [-0.05, 0) is 18.6 Å². The van der Waals surface area contributed by atoms with Crippen molar-refractivity contribution in [1.29, 1.82) is 5.26 Å². The molecule has 0 radical (unpaired) electrons. The van der Waals surface area contributed by atoms with E-state index in [2.05, 4.69) is 25.6 Å². The summed E-state index contributed by atoms with van der Waals surface area (Å²) < 4.78 is 29.7. The molecule has 0 aliphatic heterocycles. The lowest BCUT2D eigenvalue weighted by atomic mass is 10.2. The number of aromatic nitrogens is 4. The first kappa shape index (κ1) is 18.5. The van der Waals surface area contributed by atoms with Crippen LogP contribution in [0.2, 0.25) is 0 Å². The van der Waals surface area contributed by atoms with Gasteiger partial charge in [-0.25, -0.2) is 18.7 Å². The second-order valence-corrected chi connectivity index (χ2v) is 5.88. The molecule has 8 nitrogen and oxygen atoms in total. The lowest BCUT2D eigenvalue weighted by Gasteiger charge is -2.13. The Labute approximate surface area is 153 Å². The van der Waals surface area contributed by atoms with Gasteiger partial charge >= 0.3 is 0 Å². The zero-order chi connectivity index (χ0) is 19.6. The molecule has 140 valence electrons. The molecule has 27 heavy (non-hydrogen) atoms. The molecule has 0 bridgehead atoms. The average Bonchev–Trinajstić information content (AvgIpc) is 2.97. The molecule has 10 heteroatoms. The van der Waals surface area contributed by atoms with E-state index in [9.17, 15) is 13.9 Å². The van der Waals surface area contributed by atoms with Crippen molar-refractivity contribution < 1.29 is 13.9 Å². The van der Waals surface area contributed by atoms with Crippen molar-refractivity contribution in [2.75, 3.05) is 17.2 Å². The van der Waals surface area contributed by atoms with Crippen LogP contribution in [0.4, 0.5) is 26.4 Å². The maximum absolute atomic E-state index is 14.1. The van der Waals surface area contributed by atoms with Crippen LogP contribution in [-0.4, -0.2) is 37.3 Å². The first-order valence-corrected chi connectivity index (χ1v) is 8.19. The molecule has 2 aromatic heterocycles. The van der Waals surface area contributed by atoms with E-state index in [0.29, 0.717) is 23.5 Å². The van der Waals surface area contributed by atoms with E-state index in [-0.39, 0.29) is 24.2 Å². The highest BCUT2D eigenvalue weighted by Crippen LogP contribution is 2.26. The number of aliphatic hydroxyl groups excluding tert-OH is 1. The quantitative estimate of drug-likeness (QED) is 0.608. The minimum atomic E-state index is -0.902. The van der Waals surface area contributed by atoms with E-state index in [1.807, 2.05) is 6.92 Å². The largest absolute Gasteiger partial charge is 0.394 e. The number of hydrogen-bond acceptors (Lipinski definition) is 7. The van der Waals surface area contributed by atoms with Crippen LogP contribution in [0.5, 0.6) is 0 Å². The first-order valence-electron chi connectivity index (χ1n) is 8.19. The first-order chi connectivity index (χ1) is 13.0. The van der Waals surface area contributed by atoms with E-state index in [0.717, 1.165) is 12.1 Å². The number of anilines is 3. The molecule has 0 fully saturated rings. The van der Waals surface area contributed by atoms with Gasteiger partial charge < -0.3 is 15.7 Å². The van der Waals surface area contributed by atoms with E-state index < -0.39 is 17.3 Å². The summed E-state index contributed by atoms with van der Waals surface area (Å²) in [4.78, 5) is 12.7. The van der Waals surface area contributed by atoms with Crippen LogP contribution in [0.1, 0.15) is 18.9 Å². The van der Waals surface area contributed by atoms with Gasteiger partial charge in [-0.15, -0.1) is 0 Å². The summed E-state index contributed by atoms with van der Waals surface area (Å²) >= 11 is 0. The lowest BCUT2D eigenvalue weighted by molar-refractivity contribution is 0.271. The number of benzene rings is 1. The summed E-state index contributed by atoms with van der Waals surface area (Å²) in [5, 5.41) is 23.6. The van der Waals surface area contributed by atoms with Gasteiger partial charge in [0, 0.05) is 7.05 Å². The molecule has 1 aromatic carbocycles. The Bertz CT molecular complexity index is 1000. The second kappa shape index (κ2) is 7.51. The smallest absolute Gasteiger partial charge is 0.225 e. The van der Waals surface area contributed by atoms with Crippen molar-refractivity contribution in [3.05, 3.63) is 35.5 Å². The number of nitriles is 1. The minimum Gasteiger partial charge on any atom is -0.394 e. The number of aryl methyl sites for hydroxylation is 1. The zero-order valence-corrected chi connectivity index (χ0v) is 14.7. The Morgan fingerprint density at radius 1 is 1.30 bits per heavy atom. The predicted molar refractivity (Wildman–Crippen MR) is 95.4 cm³/mol. The van der Waals surface area contributed by atoms with Crippen molar-refractivity contribution in [3.8, 4) is 6.07 Å². The summed E-state index contributed by atoms with van der Waals surface area (Å²) in [5.41, 5.74) is 0.343. The molecule has 2 heterocycles. The van der Waals surface area contributed by atoms with Crippen molar-refractivity contribution in [2.45, 2.75) is 19.4 Å². The van der Waals surface area contributed by atoms with Gasteiger partial charge in [0.1, 0.15) is 11.2 Å². The number of rotatable bonds is 6. The highest BCUT2D eigenvalue weighted by Gasteiger charge is 2.17. The van der Waals surface area contributed by atoms with Gasteiger partial charge in [-0.3, -0.25) is 4.57 Å². The second-order valence-electron chi connectivity index (χ2n) is 5.88. The molecule has 0 amide bonds. The normalized spacial score (nSPS) is 12.0. The fraction of sp³-hybridized carbons (Fsp3) is 0.294. The summed E-state index contributed by atoms with van der Waals surface area (Å²) in [6.45, 7) is 1.85. The van der Waals surface area contributed by atoms with E-state index in [4.69, 9.17) is 5.26 Å². The molecular weight excluding hydrogens is 356 g/mol. The van der Waals surface area contributed by atoms with Crippen LogP contribution in [0.25, 0.3) is 11.2 Å². The molecule has 3 N–H and O–H groups in total. The summed E-state index contributed by atoms with van der Waals surface area (Å²) in [6, 6.07) is 3.39. The molecule has 3 aromatic rings. The fourth-order valence-electron chi connectivity index (χ4n) is 2.49. The molecule has 0 saturated carbocycles. The lowest BCUT2D eigenvalue weighted by Crippen LogP contribution is -2.23. The molecule has 3 rings (SSSR count). The third kappa shape index (κ3) is 3.63. The number of imidazole rings is 1. The molecule has 0 unspecified atom stereocenters. The maximum Gasteiger partial charge on any atom is 0.225 e. The monoisotopic (exact) mass is 373 g/mol. The Hall–Kier alpha value is -3.32. The van der Waals surface area contributed by atoms with Crippen LogP contribution in [-0.2, 0) is 7.05 Å². The molecule has 0 saturated heterocycles. The molecule has 0 aliphatic rings. The van der Waals surface area contributed by atoms with Crippen LogP contribution < -0.4 is 10.6 Å². The van der Waals surface area contributed by atoms with Gasteiger partial charge in [0.2, 0.25) is 11.9 Å². The van der Waals surface area contributed by atoms with Crippen LogP contribution in [0, 0.1) is 23.0 Å². The molecule has 1 atom stereocenters. The fourth-order valence-corrected chi connectivity index (χ4v) is 2.49. The van der Waals surface area contributed by atoms with Crippen LogP contribution >= 0.6 is 0 Å². The van der Waals surface area contributed by atoms with E-state index >= 15 is 0 Å². The number of nitrogens with zero attached hydrogens (tertiary/aromatic N) is 5. The minimum absolute atomic E-state index is 0.0622. The Morgan fingerprint density at radius 2 is 2.00 bits per heavy atom. The average molecular weight is 373 g/mol. The van der Waals surface area contributed by atoms with Crippen molar-refractivity contribution in [3.63, 3.8) is 0 Å². The third-order valence-corrected chi connectivity index (χ3v) is 4.07. The Kier molecular flexibility index (Phi) is 5.14. The molecule has 0 aliphatic carbocycles. The maximum atomic E-state index is 14.1. The van der Waals surface area contributed by atoms with Crippen molar-refractivity contribution >= 4 is 28.7 Å². The third-order valence-electron chi connectivity index (χ3n) is 4.07. The topological polar surface area (TPSA) is 112 Å². The summed E-state index contributed by atoms with van der Waals surface area (Å²) in [6.07, 6.45) is 2.17. The van der Waals surface area contributed by atoms with Crippen LogP contribution in [0.3, 0.4) is 0 Å². The molecule has 0 spiro atoms. The van der Waals surface area contributed by atoms with E-state index in [1.165, 1.54) is 10.8 Å². The number of aliphatic hydroxyl groups is 1. The van der Waals surface area contributed by atoms with Gasteiger partial charge in [0.05, 0.1) is 30.5 Å². The zero-order valence-electron chi connectivity index (χ0n) is 14.7. The summed E-state index contributed by atoms with van der Waals surface area (Å²) in [7, 11) is 1.64. The number of hydrogen-bond donors (Lipinski definition) is 3. The highest BCUT2D eigenvalue weighted by molar-refractivity contribution is 5.76. The predicted octanol–water partition coefficient (Wildman–Crippen LogP) is 2.44. The molecular formula is C17H17F2N7O. The van der Waals surface area contributed by atoms with Crippen molar-refractivity contribution in [1.82, 2.24) is 19.5 Å². The number of halogens is 2. The summed E-state index contributed by atoms with van der Waals surface area (Å²) in [5.74, 6) is -1.33. The van der Waals surface area contributed by atoms with Gasteiger partial charge in [-0.2, -0.15) is 10.2 Å². The highest BCUT2D eigenvalue weighted by atomic mass is 19.1. The standard InChI is InChI=1S/C17H17F2N7O/c1-3-10(8-27)22-16-21-7-13-15(25-16)26(2)17(23-13)24-14-11(18)4-9(6-20)5-12(14)19/h4-5,7,10,27H,3,8H2,1-2H3,(H,23,24)(H,21,22,25)/t10-/m0/s1. The Balaban J connectivity index is 1.95. The number of fused-ring (bicyclic) bond motifs is 1. The SMILES string of the molecule is CC[C@@H](CO)Nc1ncc2nc(Nc3c(F)cc(C#N)cc3F)n(C)c2n1. The van der Waals surface area contributed by atoms with Crippen molar-refractivity contribution in [2.24, 2.45) is 7.05 Å². The van der Waals surface area contributed by atoms with Gasteiger partial charge in [0.15, 0.2) is 17.3 Å². The number of nitrogens with one attached hydrogen (secondary N) is 2. The Morgan fingerprint density at radius 3 is 2.59 bits per heavy atom. The van der Waals surface area contributed by atoms with Gasteiger partial charge in [-0.1, -0.05) is 6.92 Å². The van der Waals surface area contributed by atoms with Gasteiger partial charge in [0.25, 0.3) is 0 Å².